The summed E-state index contributed by atoms with van der Waals surface area (Å²) in [5.41, 5.74) is 2.57. The van der Waals surface area contributed by atoms with Crippen molar-refractivity contribution in [3.8, 4) is 5.69 Å². The number of nitrogens with zero attached hydrogens (tertiary/aromatic N) is 2. The van der Waals surface area contributed by atoms with Crippen LogP contribution in [0.25, 0.3) is 5.69 Å². The van der Waals surface area contributed by atoms with Gasteiger partial charge in [0.25, 0.3) is 5.91 Å². The maximum Gasteiger partial charge on any atom is 0.251 e. The molecule has 0 fully saturated rings. The summed E-state index contributed by atoms with van der Waals surface area (Å²) in [7, 11) is 0. The molecule has 1 aromatic heterocycles. The van der Waals surface area contributed by atoms with Crippen LogP contribution in [0.1, 0.15) is 42.5 Å². The molecule has 0 spiro atoms. The number of hydrogen-bond acceptors (Lipinski definition) is 3. The largest absolute Gasteiger partial charge is 0.388 e. The summed E-state index contributed by atoms with van der Waals surface area (Å²) in [6.07, 6.45) is 0. The molecule has 5 heteroatoms. The fourth-order valence-electron chi connectivity index (χ4n) is 2.21. The van der Waals surface area contributed by atoms with Gasteiger partial charge in [-0.15, -0.1) is 0 Å². The van der Waals surface area contributed by atoms with Gasteiger partial charge in [-0.2, -0.15) is 5.10 Å². The van der Waals surface area contributed by atoms with Crippen molar-refractivity contribution in [3.05, 3.63) is 47.3 Å². The monoisotopic (exact) mass is 315 g/mol. The van der Waals surface area contributed by atoms with E-state index in [1.165, 1.54) is 0 Å². The average molecular weight is 315 g/mol. The number of nitrogens with one attached hydrogen (secondary N) is 1. The van der Waals surface area contributed by atoms with Crippen LogP contribution in [0.2, 0.25) is 0 Å². The average Bonchev–Trinajstić information content (AvgIpc) is 2.83. The third-order valence-corrected chi connectivity index (χ3v) is 4.23. The van der Waals surface area contributed by atoms with Crippen LogP contribution in [0.4, 0.5) is 0 Å². The summed E-state index contributed by atoms with van der Waals surface area (Å²) in [4.78, 5) is 12.2. The number of benzene rings is 1. The van der Waals surface area contributed by atoms with Gasteiger partial charge in [-0.25, -0.2) is 4.68 Å². The highest BCUT2D eigenvalue weighted by atomic mass is 16.3. The first kappa shape index (κ1) is 17.2. The van der Waals surface area contributed by atoms with Gasteiger partial charge in [-0.3, -0.25) is 4.79 Å². The van der Waals surface area contributed by atoms with Crippen LogP contribution in [0.15, 0.2) is 30.3 Å². The van der Waals surface area contributed by atoms with E-state index in [4.69, 9.17) is 0 Å². The molecule has 2 N–H and O–H groups in total. The van der Waals surface area contributed by atoms with Crippen molar-refractivity contribution in [2.45, 2.75) is 40.2 Å². The lowest BCUT2D eigenvalue weighted by Crippen LogP contribution is -2.44. The van der Waals surface area contributed by atoms with Crippen LogP contribution < -0.4 is 5.32 Å². The van der Waals surface area contributed by atoms with Gasteiger partial charge >= 0.3 is 0 Å². The first-order valence-electron chi connectivity index (χ1n) is 7.85. The van der Waals surface area contributed by atoms with E-state index in [1.54, 1.807) is 19.1 Å². The summed E-state index contributed by atoms with van der Waals surface area (Å²) in [6, 6.07) is 9.29. The van der Waals surface area contributed by atoms with Gasteiger partial charge in [0.05, 0.1) is 17.0 Å². The first-order valence-corrected chi connectivity index (χ1v) is 7.85. The van der Waals surface area contributed by atoms with E-state index in [9.17, 15) is 9.90 Å². The number of carbonyl (C=O) groups is 1. The van der Waals surface area contributed by atoms with Crippen LogP contribution in [0.5, 0.6) is 0 Å². The maximum atomic E-state index is 12.2. The quantitative estimate of drug-likeness (QED) is 0.891. The Morgan fingerprint density at radius 1 is 1.30 bits per heavy atom. The number of aryl methyl sites for hydroxylation is 2. The number of aromatic nitrogens is 2. The van der Waals surface area contributed by atoms with Crippen molar-refractivity contribution in [3.63, 3.8) is 0 Å². The molecule has 2 rings (SSSR count). The molecule has 0 saturated carbocycles. The number of aliphatic hydroxyl groups is 1. The molecule has 1 heterocycles. The van der Waals surface area contributed by atoms with Gasteiger partial charge in [0.15, 0.2) is 0 Å². The van der Waals surface area contributed by atoms with E-state index in [-0.39, 0.29) is 18.4 Å². The highest BCUT2D eigenvalue weighted by Crippen LogP contribution is 2.16. The Morgan fingerprint density at radius 3 is 2.39 bits per heavy atom. The predicted molar refractivity (Wildman–Crippen MR) is 90.8 cm³/mol. The lowest BCUT2D eigenvalue weighted by Gasteiger charge is -2.27. The lowest BCUT2D eigenvalue weighted by molar-refractivity contribution is 0.0142. The topological polar surface area (TPSA) is 67.2 Å². The second-order valence-corrected chi connectivity index (χ2v) is 6.58. The SMILES string of the molecule is Cc1cc(C)n(-c2ccc(C(=O)NCC(C)(O)C(C)C)cc2)n1. The zero-order chi connectivity index (χ0) is 17.2. The van der Waals surface area contributed by atoms with E-state index in [0.717, 1.165) is 17.1 Å². The fraction of sp³-hybridized carbons (Fsp3) is 0.444. The van der Waals surface area contributed by atoms with Crippen LogP contribution in [0.3, 0.4) is 0 Å². The molecule has 1 atom stereocenters. The van der Waals surface area contributed by atoms with Crippen LogP contribution >= 0.6 is 0 Å². The smallest absolute Gasteiger partial charge is 0.251 e. The van der Waals surface area contributed by atoms with Gasteiger partial charge < -0.3 is 10.4 Å². The van der Waals surface area contributed by atoms with Crippen molar-refractivity contribution in [2.24, 2.45) is 5.92 Å². The second kappa shape index (κ2) is 6.54. The molecule has 5 nitrogen and oxygen atoms in total. The highest BCUT2D eigenvalue weighted by molar-refractivity contribution is 5.94. The van der Waals surface area contributed by atoms with Crippen molar-refractivity contribution in [2.75, 3.05) is 6.54 Å². The Hall–Kier alpha value is -2.14. The van der Waals surface area contributed by atoms with Crippen LogP contribution in [-0.4, -0.2) is 32.9 Å². The Kier molecular flexibility index (Phi) is 4.90. The van der Waals surface area contributed by atoms with E-state index >= 15 is 0 Å². The van der Waals surface area contributed by atoms with Gasteiger partial charge in [-0.05, 0) is 57.0 Å². The van der Waals surface area contributed by atoms with E-state index < -0.39 is 5.60 Å². The number of amides is 1. The highest BCUT2D eigenvalue weighted by Gasteiger charge is 2.25. The molecule has 0 saturated heterocycles. The van der Waals surface area contributed by atoms with Gasteiger partial charge in [-0.1, -0.05) is 13.8 Å². The molecule has 2 aromatic rings. The van der Waals surface area contributed by atoms with Crippen LogP contribution in [-0.2, 0) is 0 Å². The number of carbonyl (C=O) groups excluding carboxylic acids is 1. The minimum Gasteiger partial charge on any atom is -0.388 e. The Morgan fingerprint density at radius 2 is 1.91 bits per heavy atom. The van der Waals surface area contributed by atoms with Gasteiger partial charge in [0, 0.05) is 17.8 Å². The minimum atomic E-state index is -0.917. The van der Waals surface area contributed by atoms with Crippen molar-refractivity contribution >= 4 is 5.91 Å². The first-order chi connectivity index (χ1) is 10.7. The summed E-state index contributed by atoms with van der Waals surface area (Å²) in [5.74, 6) is -0.123. The third-order valence-electron chi connectivity index (χ3n) is 4.23. The standard InChI is InChI=1S/C18H25N3O2/c1-12(2)18(5,23)11-19-17(22)15-6-8-16(9-7-15)21-14(4)10-13(3)20-21/h6-10,12,23H,11H2,1-5H3,(H,19,22). The molecule has 1 amide bonds. The minimum absolute atomic E-state index is 0.0659. The van der Waals surface area contributed by atoms with Crippen molar-refractivity contribution in [1.82, 2.24) is 15.1 Å². The molecule has 1 aromatic carbocycles. The Labute approximate surface area is 137 Å². The molecule has 23 heavy (non-hydrogen) atoms. The molecule has 0 aliphatic rings. The molecule has 0 bridgehead atoms. The fourth-order valence-corrected chi connectivity index (χ4v) is 2.21. The third kappa shape index (κ3) is 3.99. The van der Waals surface area contributed by atoms with Crippen molar-refractivity contribution < 1.29 is 9.90 Å². The van der Waals surface area contributed by atoms with E-state index in [2.05, 4.69) is 10.4 Å². The molecule has 0 aliphatic carbocycles. The molecule has 0 aliphatic heterocycles. The number of hydrogen-bond donors (Lipinski definition) is 2. The zero-order valence-corrected chi connectivity index (χ0v) is 14.4. The van der Waals surface area contributed by atoms with E-state index in [1.807, 2.05) is 50.6 Å². The van der Waals surface area contributed by atoms with Crippen molar-refractivity contribution in [1.29, 1.82) is 0 Å². The normalized spacial score (nSPS) is 13.9. The lowest BCUT2D eigenvalue weighted by atomic mass is 9.92. The summed E-state index contributed by atoms with van der Waals surface area (Å²) >= 11 is 0. The maximum absolute atomic E-state index is 12.2. The Balaban J connectivity index is 2.08. The summed E-state index contributed by atoms with van der Waals surface area (Å²) < 4.78 is 1.85. The summed E-state index contributed by atoms with van der Waals surface area (Å²) in [5, 5.41) is 17.4. The molecule has 0 radical (unpaired) electrons. The Bertz CT molecular complexity index is 685. The second-order valence-electron chi connectivity index (χ2n) is 6.58. The number of rotatable bonds is 5. The molecular weight excluding hydrogens is 290 g/mol. The van der Waals surface area contributed by atoms with Gasteiger partial charge in [0.1, 0.15) is 0 Å². The van der Waals surface area contributed by atoms with Gasteiger partial charge in [0.2, 0.25) is 0 Å². The molecular formula is C18H25N3O2. The predicted octanol–water partition coefficient (Wildman–Crippen LogP) is 2.63. The van der Waals surface area contributed by atoms with E-state index in [0.29, 0.717) is 5.56 Å². The molecule has 124 valence electrons. The molecule has 1 unspecified atom stereocenters. The summed E-state index contributed by atoms with van der Waals surface area (Å²) in [6.45, 7) is 9.75. The van der Waals surface area contributed by atoms with Crippen LogP contribution in [0, 0.1) is 19.8 Å². The zero-order valence-electron chi connectivity index (χ0n) is 14.4.